The van der Waals surface area contributed by atoms with E-state index in [4.69, 9.17) is 0 Å². The zero-order chi connectivity index (χ0) is 14.8. The summed E-state index contributed by atoms with van der Waals surface area (Å²) in [4.78, 5) is 0. The topological polar surface area (TPSA) is 29.9 Å². The molecule has 1 heterocycles. The van der Waals surface area contributed by atoms with Crippen molar-refractivity contribution in [1.82, 2.24) is 15.1 Å². The number of hydrogen-bond acceptors (Lipinski definition) is 2. The highest BCUT2D eigenvalue weighted by molar-refractivity contribution is 5.43. The summed E-state index contributed by atoms with van der Waals surface area (Å²) in [6.45, 7) is 5.15. The predicted molar refractivity (Wildman–Crippen MR) is 82.2 cm³/mol. The summed E-state index contributed by atoms with van der Waals surface area (Å²) in [5.74, 6) is -0.195. The van der Waals surface area contributed by atoms with Crippen molar-refractivity contribution in [3.8, 4) is 5.69 Å². The summed E-state index contributed by atoms with van der Waals surface area (Å²) in [6.07, 6.45) is 6.49. The molecule has 0 saturated carbocycles. The number of benzene rings is 1. The van der Waals surface area contributed by atoms with Gasteiger partial charge in [0.15, 0.2) is 0 Å². The number of aryl methyl sites for hydroxylation is 1. The van der Waals surface area contributed by atoms with Crippen molar-refractivity contribution in [1.29, 1.82) is 0 Å². The first kappa shape index (κ1) is 14.3. The molecule has 1 aromatic carbocycles. The van der Waals surface area contributed by atoms with Crippen LogP contribution in [0.1, 0.15) is 49.0 Å². The zero-order valence-electron chi connectivity index (χ0n) is 12.7. The third-order valence-electron chi connectivity index (χ3n) is 4.21. The summed E-state index contributed by atoms with van der Waals surface area (Å²) in [7, 11) is 0. The molecule has 21 heavy (non-hydrogen) atoms. The van der Waals surface area contributed by atoms with Gasteiger partial charge in [0, 0.05) is 17.3 Å². The van der Waals surface area contributed by atoms with Gasteiger partial charge in [0.05, 0.1) is 11.9 Å². The summed E-state index contributed by atoms with van der Waals surface area (Å²) in [5.41, 5.74) is 4.47. The van der Waals surface area contributed by atoms with E-state index in [0.717, 1.165) is 30.6 Å². The van der Waals surface area contributed by atoms with E-state index in [2.05, 4.69) is 17.3 Å². The minimum Gasteiger partial charge on any atom is -0.310 e. The lowest BCUT2D eigenvalue weighted by Crippen LogP contribution is -2.26. The summed E-state index contributed by atoms with van der Waals surface area (Å²) >= 11 is 0. The molecule has 1 N–H and O–H groups in total. The molecule has 0 bridgehead atoms. The smallest absolute Gasteiger partial charge is 0.123 e. The number of nitrogens with zero attached hydrogens (tertiary/aromatic N) is 2. The highest BCUT2D eigenvalue weighted by Gasteiger charge is 2.24. The van der Waals surface area contributed by atoms with Gasteiger partial charge in [-0.3, -0.25) is 0 Å². The molecule has 1 aliphatic carbocycles. The van der Waals surface area contributed by atoms with Crippen LogP contribution in [-0.4, -0.2) is 16.3 Å². The molecule has 0 fully saturated rings. The van der Waals surface area contributed by atoms with Crippen LogP contribution in [0.15, 0.2) is 24.4 Å². The van der Waals surface area contributed by atoms with Gasteiger partial charge in [-0.25, -0.2) is 9.07 Å². The Labute approximate surface area is 125 Å². The van der Waals surface area contributed by atoms with E-state index in [1.54, 1.807) is 6.07 Å². The third-order valence-corrected chi connectivity index (χ3v) is 4.21. The van der Waals surface area contributed by atoms with E-state index < -0.39 is 0 Å². The van der Waals surface area contributed by atoms with Crippen LogP contribution in [0, 0.1) is 12.7 Å². The van der Waals surface area contributed by atoms with Crippen LogP contribution in [0.3, 0.4) is 0 Å². The van der Waals surface area contributed by atoms with Crippen LogP contribution in [0.4, 0.5) is 4.39 Å². The highest BCUT2D eigenvalue weighted by atomic mass is 19.1. The van der Waals surface area contributed by atoms with E-state index >= 15 is 0 Å². The number of nitrogens with one attached hydrogen (secondary N) is 1. The Morgan fingerprint density at radius 1 is 1.43 bits per heavy atom. The molecule has 1 unspecified atom stereocenters. The molecule has 3 rings (SSSR count). The van der Waals surface area contributed by atoms with Gasteiger partial charge in [0.25, 0.3) is 0 Å². The summed E-state index contributed by atoms with van der Waals surface area (Å²) in [5, 5.41) is 8.17. The van der Waals surface area contributed by atoms with Crippen molar-refractivity contribution in [2.45, 2.75) is 45.6 Å². The second kappa shape index (κ2) is 5.98. The van der Waals surface area contributed by atoms with Crippen LogP contribution in [0.25, 0.3) is 5.69 Å². The predicted octanol–water partition coefficient (Wildman–Crippen LogP) is 3.70. The largest absolute Gasteiger partial charge is 0.310 e. The van der Waals surface area contributed by atoms with Crippen molar-refractivity contribution in [2.75, 3.05) is 6.54 Å². The Bertz CT molecular complexity index is 633. The van der Waals surface area contributed by atoms with Crippen molar-refractivity contribution in [2.24, 2.45) is 0 Å². The van der Waals surface area contributed by atoms with Crippen LogP contribution in [0.5, 0.6) is 0 Å². The third kappa shape index (κ3) is 2.72. The molecule has 0 aliphatic heterocycles. The van der Waals surface area contributed by atoms with Crippen LogP contribution in [-0.2, 0) is 6.42 Å². The normalized spacial score (nSPS) is 17.8. The Balaban J connectivity index is 1.97. The number of fused-ring (bicyclic) bond motifs is 1. The first-order valence-electron chi connectivity index (χ1n) is 7.77. The van der Waals surface area contributed by atoms with Crippen molar-refractivity contribution in [3.63, 3.8) is 0 Å². The molecule has 0 radical (unpaired) electrons. The second-order valence-corrected chi connectivity index (χ2v) is 5.79. The van der Waals surface area contributed by atoms with E-state index in [1.165, 1.54) is 30.2 Å². The molecular weight excluding hydrogens is 265 g/mol. The zero-order valence-corrected chi connectivity index (χ0v) is 12.7. The van der Waals surface area contributed by atoms with E-state index in [0.29, 0.717) is 6.04 Å². The number of halogens is 1. The second-order valence-electron chi connectivity index (χ2n) is 5.79. The molecule has 3 nitrogen and oxygen atoms in total. The minimum atomic E-state index is -0.195. The first-order valence-corrected chi connectivity index (χ1v) is 7.77. The molecular formula is C17H22FN3. The lowest BCUT2D eigenvalue weighted by Gasteiger charge is -2.24. The maximum absolute atomic E-state index is 13.3. The SMILES string of the molecule is CCCNC1CCCc2c1cnn2-c1ccc(F)cc1C. The molecule has 1 aliphatic rings. The number of hydrogen-bond donors (Lipinski definition) is 1. The lowest BCUT2D eigenvalue weighted by molar-refractivity contribution is 0.456. The Kier molecular flexibility index (Phi) is 4.06. The Morgan fingerprint density at radius 2 is 2.29 bits per heavy atom. The molecule has 1 aromatic heterocycles. The highest BCUT2D eigenvalue weighted by Crippen LogP contribution is 2.31. The van der Waals surface area contributed by atoms with Crippen molar-refractivity contribution < 1.29 is 4.39 Å². The van der Waals surface area contributed by atoms with Gasteiger partial charge in [0.1, 0.15) is 5.82 Å². The van der Waals surface area contributed by atoms with Crippen LogP contribution >= 0.6 is 0 Å². The van der Waals surface area contributed by atoms with E-state index in [-0.39, 0.29) is 5.82 Å². The Morgan fingerprint density at radius 3 is 3.05 bits per heavy atom. The van der Waals surface area contributed by atoms with Gasteiger partial charge in [0.2, 0.25) is 0 Å². The maximum Gasteiger partial charge on any atom is 0.123 e. The summed E-state index contributed by atoms with van der Waals surface area (Å²) in [6, 6.07) is 5.30. The van der Waals surface area contributed by atoms with Crippen molar-refractivity contribution >= 4 is 0 Å². The van der Waals surface area contributed by atoms with Crippen molar-refractivity contribution in [3.05, 3.63) is 47.0 Å². The molecule has 0 saturated heterocycles. The van der Waals surface area contributed by atoms with Gasteiger partial charge in [-0.1, -0.05) is 6.92 Å². The van der Waals surface area contributed by atoms with Crippen LogP contribution < -0.4 is 5.32 Å². The average Bonchev–Trinajstić information content (AvgIpc) is 2.89. The minimum absolute atomic E-state index is 0.195. The molecule has 1 atom stereocenters. The average molecular weight is 287 g/mol. The fourth-order valence-electron chi connectivity index (χ4n) is 3.15. The fraction of sp³-hybridized carbons (Fsp3) is 0.471. The molecule has 0 spiro atoms. The quantitative estimate of drug-likeness (QED) is 0.929. The summed E-state index contributed by atoms with van der Waals surface area (Å²) < 4.78 is 15.3. The standard InChI is InChI=1S/C17H22FN3/c1-3-9-19-15-5-4-6-17-14(15)11-20-21(17)16-8-7-13(18)10-12(16)2/h7-8,10-11,15,19H,3-6,9H2,1-2H3. The Hall–Kier alpha value is -1.68. The molecule has 0 amide bonds. The van der Waals surface area contributed by atoms with Gasteiger partial charge >= 0.3 is 0 Å². The van der Waals surface area contributed by atoms with Crippen LogP contribution in [0.2, 0.25) is 0 Å². The molecule has 112 valence electrons. The molecule has 2 aromatic rings. The maximum atomic E-state index is 13.3. The number of aromatic nitrogens is 2. The fourth-order valence-corrected chi connectivity index (χ4v) is 3.15. The van der Waals surface area contributed by atoms with Gasteiger partial charge in [-0.05, 0) is 62.9 Å². The van der Waals surface area contributed by atoms with Gasteiger partial charge in [-0.15, -0.1) is 0 Å². The lowest BCUT2D eigenvalue weighted by atomic mass is 9.92. The number of rotatable bonds is 4. The first-order chi connectivity index (χ1) is 10.2. The molecule has 4 heteroatoms. The van der Waals surface area contributed by atoms with E-state index in [1.807, 2.05) is 23.9 Å². The monoisotopic (exact) mass is 287 g/mol. The van der Waals surface area contributed by atoms with Gasteiger partial charge < -0.3 is 5.32 Å². The van der Waals surface area contributed by atoms with Gasteiger partial charge in [-0.2, -0.15) is 5.10 Å². The van der Waals surface area contributed by atoms with E-state index in [9.17, 15) is 4.39 Å².